The average molecular weight is 293 g/mol. The Morgan fingerprint density at radius 1 is 1.14 bits per heavy atom. The average Bonchev–Trinajstić information content (AvgIpc) is 2.97. The number of nitrogens with one attached hydrogen (secondary N) is 1. The molecule has 0 fully saturated rings. The van der Waals surface area contributed by atoms with Crippen LogP contribution in [-0.4, -0.2) is 23.3 Å². The lowest BCUT2D eigenvalue weighted by molar-refractivity contribution is -0.116. The van der Waals surface area contributed by atoms with Gasteiger partial charge in [-0.3, -0.25) is 9.59 Å². The fourth-order valence-electron chi connectivity index (χ4n) is 3.08. The molecule has 1 N–H and O–H groups in total. The maximum absolute atomic E-state index is 12.8. The number of amides is 2. The van der Waals surface area contributed by atoms with Gasteiger partial charge in [-0.05, 0) is 36.1 Å². The fourth-order valence-corrected chi connectivity index (χ4v) is 3.08. The Hall–Kier alpha value is -2.69. The van der Waals surface area contributed by atoms with Crippen molar-refractivity contribution in [1.29, 1.82) is 0 Å². The number of para-hydroxylation sites is 1. The molecule has 5 nitrogen and oxygen atoms in total. The largest absolute Gasteiger partial charge is 0.310 e. The van der Waals surface area contributed by atoms with Crippen molar-refractivity contribution in [3.63, 3.8) is 0 Å². The van der Waals surface area contributed by atoms with E-state index in [2.05, 4.69) is 16.4 Å². The predicted molar refractivity (Wildman–Crippen MR) is 83.0 cm³/mol. The summed E-state index contributed by atoms with van der Waals surface area (Å²) in [5, 5.41) is 2.74. The van der Waals surface area contributed by atoms with Crippen molar-refractivity contribution in [2.75, 3.05) is 16.8 Å². The first-order chi connectivity index (χ1) is 10.7. The molecule has 2 aliphatic rings. The number of pyridine rings is 1. The standard InChI is InChI=1S/C17H15N3O2/c21-15-6-5-12-9-13(10-18-16(12)19-15)17(22)20-8-7-11-3-1-2-4-14(11)20/h1-4,9-10H,5-8H2,(H,18,19,21). The van der Waals surface area contributed by atoms with Crippen LogP contribution in [0.2, 0.25) is 0 Å². The van der Waals surface area contributed by atoms with E-state index in [1.165, 1.54) is 5.56 Å². The highest BCUT2D eigenvalue weighted by Gasteiger charge is 2.26. The molecule has 110 valence electrons. The molecule has 0 saturated heterocycles. The van der Waals surface area contributed by atoms with Crippen LogP contribution < -0.4 is 10.2 Å². The summed E-state index contributed by atoms with van der Waals surface area (Å²) >= 11 is 0. The van der Waals surface area contributed by atoms with Gasteiger partial charge in [0.2, 0.25) is 5.91 Å². The van der Waals surface area contributed by atoms with Crippen LogP contribution in [0.25, 0.3) is 0 Å². The monoisotopic (exact) mass is 293 g/mol. The van der Waals surface area contributed by atoms with Gasteiger partial charge in [0.25, 0.3) is 5.91 Å². The highest BCUT2D eigenvalue weighted by Crippen LogP contribution is 2.29. The van der Waals surface area contributed by atoms with E-state index in [0.717, 1.165) is 17.7 Å². The molecule has 2 amide bonds. The van der Waals surface area contributed by atoms with Gasteiger partial charge in [0.05, 0.1) is 5.56 Å². The number of hydrogen-bond donors (Lipinski definition) is 1. The zero-order valence-corrected chi connectivity index (χ0v) is 12.0. The summed E-state index contributed by atoms with van der Waals surface area (Å²) in [6.07, 6.45) is 3.51. The Kier molecular flexibility index (Phi) is 2.92. The van der Waals surface area contributed by atoms with Crippen LogP contribution in [0.5, 0.6) is 0 Å². The lowest BCUT2D eigenvalue weighted by atomic mass is 10.0. The van der Waals surface area contributed by atoms with Crippen molar-refractivity contribution < 1.29 is 9.59 Å². The zero-order chi connectivity index (χ0) is 15.1. The van der Waals surface area contributed by atoms with Crippen LogP contribution in [0.1, 0.15) is 27.9 Å². The molecule has 0 radical (unpaired) electrons. The molecule has 2 aliphatic heterocycles. The van der Waals surface area contributed by atoms with Gasteiger partial charge < -0.3 is 10.2 Å². The van der Waals surface area contributed by atoms with Crippen molar-refractivity contribution in [3.05, 3.63) is 53.2 Å². The van der Waals surface area contributed by atoms with Crippen molar-refractivity contribution in [3.8, 4) is 0 Å². The van der Waals surface area contributed by atoms with Crippen LogP contribution >= 0.6 is 0 Å². The molecular formula is C17H15N3O2. The van der Waals surface area contributed by atoms with Gasteiger partial charge in [0.15, 0.2) is 0 Å². The molecular weight excluding hydrogens is 278 g/mol. The normalized spacial score (nSPS) is 16.0. The predicted octanol–water partition coefficient (Wildman–Crippen LogP) is 2.17. The SMILES string of the molecule is O=C1CCc2cc(C(=O)N3CCc4ccccc43)cnc2N1. The number of benzene rings is 1. The van der Waals surface area contributed by atoms with Crippen LogP contribution in [0.3, 0.4) is 0 Å². The van der Waals surface area contributed by atoms with Gasteiger partial charge in [0, 0.05) is 24.8 Å². The molecule has 1 aromatic carbocycles. The second-order valence-corrected chi connectivity index (χ2v) is 5.62. The third kappa shape index (κ3) is 2.06. The van der Waals surface area contributed by atoms with E-state index in [0.29, 0.717) is 30.8 Å². The van der Waals surface area contributed by atoms with Crippen molar-refractivity contribution in [2.45, 2.75) is 19.3 Å². The van der Waals surface area contributed by atoms with E-state index in [4.69, 9.17) is 0 Å². The molecule has 0 atom stereocenters. The summed E-state index contributed by atoms with van der Waals surface area (Å²) < 4.78 is 0. The minimum absolute atomic E-state index is 0.0208. The summed E-state index contributed by atoms with van der Waals surface area (Å²) in [4.78, 5) is 30.2. The summed E-state index contributed by atoms with van der Waals surface area (Å²) in [6, 6.07) is 9.83. The maximum atomic E-state index is 12.8. The van der Waals surface area contributed by atoms with E-state index < -0.39 is 0 Å². The quantitative estimate of drug-likeness (QED) is 0.876. The number of hydrogen-bond acceptors (Lipinski definition) is 3. The van der Waals surface area contributed by atoms with E-state index in [1.807, 2.05) is 24.3 Å². The molecule has 3 heterocycles. The van der Waals surface area contributed by atoms with E-state index >= 15 is 0 Å². The van der Waals surface area contributed by atoms with Crippen molar-refractivity contribution in [2.24, 2.45) is 0 Å². The van der Waals surface area contributed by atoms with Gasteiger partial charge in [-0.25, -0.2) is 4.98 Å². The Bertz CT molecular complexity index is 785. The Labute approximate surface area is 128 Å². The first-order valence-corrected chi connectivity index (χ1v) is 7.41. The maximum Gasteiger partial charge on any atom is 0.259 e. The van der Waals surface area contributed by atoms with Crippen LogP contribution in [0, 0.1) is 0 Å². The Morgan fingerprint density at radius 3 is 2.91 bits per heavy atom. The number of fused-ring (bicyclic) bond motifs is 2. The minimum Gasteiger partial charge on any atom is -0.310 e. The number of carbonyl (C=O) groups is 2. The third-order valence-corrected chi connectivity index (χ3v) is 4.23. The summed E-state index contributed by atoms with van der Waals surface area (Å²) in [7, 11) is 0. The molecule has 4 rings (SSSR count). The Balaban J connectivity index is 1.66. The van der Waals surface area contributed by atoms with Gasteiger partial charge >= 0.3 is 0 Å². The minimum atomic E-state index is -0.0304. The van der Waals surface area contributed by atoms with Gasteiger partial charge in [-0.2, -0.15) is 0 Å². The van der Waals surface area contributed by atoms with Gasteiger partial charge in [-0.15, -0.1) is 0 Å². The smallest absolute Gasteiger partial charge is 0.259 e. The van der Waals surface area contributed by atoms with Crippen molar-refractivity contribution >= 4 is 23.3 Å². The van der Waals surface area contributed by atoms with E-state index in [-0.39, 0.29) is 11.8 Å². The molecule has 1 aromatic heterocycles. The second-order valence-electron chi connectivity index (χ2n) is 5.62. The molecule has 22 heavy (non-hydrogen) atoms. The van der Waals surface area contributed by atoms with Crippen LogP contribution in [0.4, 0.5) is 11.5 Å². The lowest BCUT2D eigenvalue weighted by Gasteiger charge is -2.20. The molecule has 0 aliphatic carbocycles. The van der Waals surface area contributed by atoms with Crippen LogP contribution in [-0.2, 0) is 17.6 Å². The number of aromatic nitrogens is 1. The highest BCUT2D eigenvalue weighted by molar-refractivity contribution is 6.07. The molecule has 0 unspecified atom stereocenters. The Morgan fingerprint density at radius 2 is 2.00 bits per heavy atom. The number of anilines is 2. The van der Waals surface area contributed by atoms with E-state index in [9.17, 15) is 9.59 Å². The molecule has 0 saturated carbocycles. The second kappa shape index (κ2) is 4.94. The number of nitrogens with zero attached hydrogens (tertiary/aromatic N) is 2. The topological polar surface area (TPSA) is 62.3 Å². The van der Waals surface area contributed by atoms with Crippen molar-refractivity contribution in [1.82, 2.24) is 4.98 Å². The first kappa shape index (κ1) is 13.0. The zero-order valence-electron chi connectivity index (χ0n) is 12.0. The number of carbonyl (C=O) groups excluding carboxylic acids is 2. The molecule has 2 aromatic rings. The number of rotatable bonds is 1. The molecule has 5 heteroatoms. The fraction of sp³-hybridized carbons (Fsp3) is 0.235. The highest BCUT2D eigenvalue weighted by atomic mass is 16.2. The summed E-state index contributed by atoms with van der Waals surface area (Å²) in [5.74, 6) is 0.527. The summed E-state index contributed by atoms with van der Waals surface area (Å²) in [6.45, 7) is 0.700. The van der Waals surface area contributed by atoms with Crippen LogP contribution in [0.15, 0.2) is 36.5 Å². The van der Waals surface area contributed by atoms with E-state index in [1.54, 1.807) is 11.1 Å². The third-order valence-electron chi connectivity index (χ3n) is 4.23. The molecule has 0 spiro atoms. The first-order valence-electron chi connectivity index (χ1n) is 7.41. The number of aryl methyl sites for hydroxylation is 1. The van der Waals surface area contributed by atoms with Gasteiger partial charge in [-0.1, -0.05) is 18.2 Å². The lowest BCUT2D eigenvalue weighted by Crippen LogP contribution is -2.29. The summed E-state index contributed by atoms with van der Waals surface area (Å²) in [5.41, 5.74) is 3.69. The molecule has 0 bridgehead atoms. The van der Waals surface area contributed by atoms with Gasteiger partial charge in [0.1, 0.15) is 5.82 Å².